The molecular formula is C27H43Cl3N4. The fourth-order valence-corrected chi connectivity index (χ4v) is 4.36. The first-order chi connectivity index (χ1) is 15.3. The largest absolute Gasteiger partial charge is 0.330 e. The van der Waals surface area contributed by atoms with Crippen molar-refractivity contribution >= 4 is 58.8 Å². The number of hydrogen-bond donors (Lipinski definition) is 3. The molecule has 0 saturated heterocycles. The second-order valence-corrected chi connectivity index (χ2v) is 8.52. The third-order valence-corrected chi connectivity index (χ3v) is 6.08. The molecule has 0 unspecified atom stereocenters. The average Bonchev–Trinajstić information content (AvgIpc) is 2.80. The minimum absolute atomic E-state index is 0. The van der Waals surface area contributed by atoms with E-state index in [1.165, 1.54) is 46.4 Å². The summed E-state index contributed by atoms with van der Waals surface area (Å²) in [5.41, 5.74) is 12.8. The molecule has 0 fully saturated rings. The molecule has 0 amide bonds. The van der Waals surface area contributed by atoms with Crippen molar-refractivity contribution in [1.82, 2.24) is 10.2 Å². The van der Waals surface area contributed by atoms with Crippen LogP contribution in [0.5, 0.6) is 0 Å². The molecule has 3 aromatic rings. The SMILES string of the molecule is Cl.Cl.Cl.NCCCCNCCCCN(CCCCN)Cc1c2ccccc2cc2ccccc12. The molecule has 3 rings (SSSR count). The average molecular weight is 530 g/mol. The third-order valence-electron chi connectivity index (χ3n) is 6.08. The molecule has 0 atom stereocenters. The van der Waals surface area contributed by atoms with E-state index in [0.717, 1.165) is 65.1 Å². The molecule has 0 spiro atoms. The fourth-order valence-electron chi connectivity index (χ4n) is 4.36. The van der Waals surface area contributed by atoms with Gasteiger partial charge in [0.2, 0.25) is 0 Å². The molecule has 0 aliphatic carbocycles. The minimum Gasteiger partial charge on any atom is -0.330 e. The Morgan fingerprint density at radius 1 is 0.618 bits per heavy atom. The molecule has 4 nitrogen and oxygen atoms in total. The van der Waals surface area contributed by atoms with E-state index in [0.29, 0.717) is 0 Å². The van der Waals surface area contributed by atoms with Crippen LogP contribution in [0, 0.1) is 0 Å². The van der Waals surface area contributed by atoms with Crippen LogP contribution in [0.3, 0.4) is 0 Å². The van der Waals surface area contributed by atoms with Gasteiger partial charge in [0.1, 0.15) is 0 Å². The first kappa shape index (κ1) is 32.9. The monoisotopic (exact) mass is 528 g/mol. The third kappa shape index (κ3) is 10.2. The Bertz CT molecular complexity index is 869. The Kier molecular flexibility index (Phi) is 18.5. The summed E-state index contributed by atoms with van der Waals surface area (Å²) in [6.07, 6.45) is 6.98. The van der Waals surface area contributed by atoms with E-state index in [9.17, 15) is 0 Å². The number of fused-ring (bicyclic) bond motifs is 2. The normalized spacial score (nSPS) is 10.7. The summed E-state index contributed by atoms with van der Waals surface area (Å²) in [4.78, 5) is 2.64. The second kappa shape index (κ2) is 19.1. The number of halogens is 3. The number of hydrogen-bond acceptors (Lipinski definition) is 4. The number of rotatable bonds is 15. The first-order valence-electron chi connectivity index (χ1n) is 12.1. The highest BCUT2D eigenvalue weighted by atomic mass is 35.5. The van der Waals surface area contributed by atoms with Crippen LogP contribution in [-0.4, -0.2) is 44.2 Å². The van der Waals surface area contributed by atoms with Gasteiger partial charge in [0.05, 0.1) is 0 Å². The van der Waals surface area contributed by atoms with Crippen LogP contribution in [0.1, 0.15) is 44.1 Å². The van der Waals surface area contributed by atoms with Gasteiger partial charge in [-0.3, -0.25) is 4.90 Å². The molecule has 34 heavy (non-hydrogen) atoms. The van der Waals surface area contributed by atoms with Gasteiger partial charge in [-0.05, 0) is 111 Å². The summed E-state index contributed by atoms with van der Waals surface area (Å²) in [6, 6.07) is 20.0. The standard InChI is InChI=1S/C27H40N4.3ClH/c28-15-5-7-17-30-18-8-10-20-31(19-9-6-16-29)22-27-25-13-3-1-11-23(25)21-24-12-2-4-14-26(24)27;;;/h1-4,11-14,21,30H,5-10,15-20,22,28-29H2;3*1H. The van der Waals surface area contributed by atoms with E-state index < -0.39 is 0 Å². The maximum absolute atomic E-state index is 5.77. The molecular weight excluding hydrogens is 487 g/mol. The summed E-state index contributed by atoms with van der Waals surface area (Å²) in [6.45, 7) is 6.99. The zero-order valence-electron chi connectivity index (χ0n) is 20.2. The Hall–Kier alpha value is -1.11. The first-order valence-corrected chi connectivity index (χ1v) is 12.1. The molecule has 0 heterocycles. The number of nitrogens with two attached hydrogens (primary N) is 2. The van der Waals surface area contributed by atoms with Crippen molar-refractivity contribution in [3.63, 3.8) is 0 Å². The molecule has 7 heteroatoms. The molecule has 192 valence electrons. The van der Waals surface area contributed by atoms with Gasteiger partial charge < -0.3 is 16.8 Å². The topological polar surface area (TPSA) is 67.3 Å². The number of benzene rings is 3. The van der Waals surface area contributed by atoms with Gasteiger partial charge in [-0.2, -0.15) is 0 Å². The molecule has 0 aliphatic heterocycles. The van der Waals surface area contributed by atoms with E-state index >= 15 is 0 Å². The zero-order valence-corrected chi connectivity index (χ0v) is 22.7. The van der Waals surface area contributed by atoms with Gasteiger partial charge in [-0.15, -0.1) is 37.2 Å². The zero-order chi connectivity index (χ0) is 21.7. The van der Waals surface area contributed by atoms with Gasteiger partial charge >= 0.3 is 0 Å². The van der Waals surface area contributed by atoms with Crippen LogP contribution >= 0.6 is 37.2 Å². The van der Waals surface area contributed by atoms with Crippen LogP contribution < -0.4 is 16.8 Å². The lowest BCUT2D eigenvalue weighted by atomic mass is 9.96. The van der Waals surface area contributed by atoms with Gasteiger partial charge in [0.25, 0.3) is 0 Å². The molecule has 3 aromatic carbocycles. The van der Waals surface area contributed by atoms with E-state index in [1.807, 2.05) is 0 Å². The van der Waals surface area contributed by atoms with Gasteiger partial charge in [-0.25, -0.2) is 0 Å². The number of nitrogens with zero attached hydrogens (tertiary/aromatic N) is 1. The Labute approximate surface area is 224 Å². The number of unbranched alkanes of at least 4 members (excludes halogenated alkanes) is 3. The molecule has 5 N–H and O–H groups in total. The smallest absolute Gasteiger partial charge is 0.0246 e. The molecule has 0 bridgehead atoms. The molecule has 0 saturated carbocycles. The maximum Gasteiger partial charge on any atom is 0.0246 e. The van der Waals surface area contributed by atoms with Crippen molar-refractivity contribution in [2.24, 2.45) is 11.5 Å². The minimum atomic E-state index is 0. The lowest BCUT2D eigenvalue weighted by Crippen LogP contribution is -2.27. The Balaban J connectivity index is 0.00000363. The summed E-state index contributed by atoms with van der Waals surface area (Å²) in [5.74, 6) is 0. The predicted octanol–water partition coefficient (Wildman–Crippen LogP) is 5.91. The van der Waals surface area contributed by atoms with Gasteiger partial charge in [-0.1, -0.05) is 48.5 Å². The highest BCUT2D eigenvalue weighted by Gasteiger charge is 2.12. The molecule has 0 radical (unpaired) electrons. The lowest BCUT2D eigenvalue weighted by Gasteiger charge is -2.24. The van der Waals surface area contributed by atoms with Crippen molar-refractivity contribution in [3.05, 3.63) is 60.2 Å². The Morgan fingerprint density at radius 3 is 1.65 bits per heavy atom. The number of nitrogens with one attached hydrogen (secondary N) is 1. The van der Waals surface area contributed by atoms with Crippen LogP contribution in [-0.2, 0) is 6.54 Å². The van der Waals surface area contributed by atoms with E-state index in [4.69, 9.17) is 11.5 Å². The van der Waals surface area contributed by atoms with Crippen molar-refractivity contribution < 1.29 is 0 Å². The quantitative estimate of drug-likeness (QED) is 0.169. The van der Waals surface area contributed by atoms with E-state index in [-0.39, 0.29) is 37.2 Å². The summed E-state index contributed by atoms with van der Waals surface area (Å²) in [5, 5.41) is 8.98. The Morgan fingerprint density at radius 2 is 1.09 bits per heavy atom. The van der Waals surface area contributed by atoms with Gasteiger partial charge in [0, 0.05) is 6.54 Å². The van der Waals surface area contributed by atoms with Crippen LogP contribution in [0.2, 0.25) is 0 Å². The molecule has 0 aromatic heterocycles. The van der Waals surface area contributed by atoms with Crippen molar-refractivity contribution in [2.45, 2.75) is 45.1 Å². The highest BCUT2D eigenvalue weighted by molar-refractivity contribution is 6.02. The highest BCUT2D eigenvalue weighted by Crippen LogP contribution is 2.29. The van der Waals surface area contributed by atoms with Crippen molar-refractivity contribution in [3.8, 4) is 0 Å². The molecule has 0 aliphatic rings. The van der Waals surface area contributed by atoms with Crippen molar-refractivity contribution in [2.75, 3.05) is 39.3 Å². The fraction of sp³-hybridized carbons (Fsp3) is 0.481. The second-order valence-electron chi connectivity index (χ2n) is 8.52. The summed E-state index contributed by atoms with van der Waals surface area (Å²) in [7, 11) is 0. The van der Waals surface area contributed by atoms with Gasteiger partial charge in [0.15, 0.2) is 0 Å². The van der Waals surface area contributed by atoms with Crippen LogP contribution in [0.4, 0.5) is 0 Å². The van der Waals surface area contributed by atoms with E-state index in [2.05, 4.69) is 64.8 Å². The lowest BCUT2D eigenvalue weighted by molar-refractivity contribution is 0.256. The van der Waals surface area contributed by atoms with Crippen molar-refractivity contribution in [1.29, 1.82) is 0 Å². The van der Waals surface area contributed by atoms with Crippen LogP contribution in [0.15, 0.2) is 54.6 Å². The predicted molar refractivity (Wildman–Crippen MR) is 157 cm³/mol. The summed E-state index contributed by atoms with van der Waals surface area (Å²) >= 11 is 0. The van der Waals surface area contributed by atoms with Crippen LogP contribution in [0.25, 0.3) is 21.5 Å². The maximum atomic E-state index is 5.77. The summed E-state index contributed by atoms with van der Waals surface area (Å²) < 4.78 is 0. The van der Waals surface area contributed by atoms with E-state index in [1.54, 1.807) is 0 Å².